The predicted molar refractivity (Wildman–Crippen MR) is 68.3 cm³/mol. The minimum Gasteiger partial charge on any atom is -0.317 e. The second-order valence-electron chi connectivity index (χ2n) is 4.54. The molecule has 0 radical (unpaired) electrons. The van der Waals surface area contributed by atoms with Gasteiger partial charge in [-0.05, 0) is 49.5 Å². The van der Waals surface area contributed by atoms with Crippen molar-refractivity contribution >= 4 is 15.9 Å². The Morgan fingerprint density at radius 2 is 2.06 bits per heavy atom. The predicted octanol–water partition coefficient (Wildman–Crippen LogP) is 3.47. The number of rotatable bonds is 3. The van der Waals surface area contributed by atoms with Crippen LogP contribution in [0, 0.1) is 11.7 Å². The Balaban J connectivity index is 1.99. The molecule has 0 amide bonds. The summed E-state index contributed by atoms with van der Waals surface area (Å²) >= 11 is 3.20. The van der Waals surface area contributed by atoms with E-state index in [1.807, 2.05) is 0 Å². The van der Waals surface area contributed by atoms with E-state index in [-0.39, 0.29) is 18.2 Å². The molecule has 17 heavy (non-hydrogen) atoms. The summed E-state index contributed by atoms with van der Waals surface area (Å²) in [5, 5.41) is 3.21. The Morgan fingerprint density at radius 1 is 1.35 bits per heavy atom. The van der Waals surface area contributed by atoms with Gasteiger partial charge < -0.3 is 5.32 Å². The number of nitrogens with one attached hydrogen (secondary N) is 1. The second kappa shape index (κ2) is 5.91. The van der Waals surface area contributed by atoms with Crippen LogP contribution < -0.4 is 5.32 Å². The lowest BCUT2D eigenvalue weighted by molar-refractivity contribution is 0.186. The molecule has 1 aromatic carbocycles. The van der Waals surface area contributed by atoms with Crippen molar-refractivity contribution in [3.05, 3.63) is 34.1 Å². The van der Waals surface area contributed by atoms with Crippen molar-refractivity contribution in [3.8, 4) is 0 Å². The lowest BCUT2D eigenvalue weighted by atomic mass is 9.89. The summed E-state index contributed by atoms with van der Waals surface area (Å²) in [6.07, 6.45) is 0.940. The average Bonchev–Trinajstić information content (AvgIpc) is 2.34. The van der Waals surface area contributed by atoms with E-state index in [1.165, 1.54) is 6.07 Å². The van der Waals surface area contributed by atoms with E-state index in [0.717, 1.165) is 25.9 Å². The monoisotopic (exact) mass is 303 g/mol. The molecule has 0 aliphatic carbocycles. The molecule has 1 N–H and O–H groups in total. The highest BCUT2D eigenvalue weighted by atomic mass is 79.9. The van der Waals surface area contributed by atoms with Crippen LogP contribution in [0.2, 0.25) is 0 Å². The molecule has 4 heteroatoms. The van der Waals surface area contributed by atoms with Gasteiger partial charge in [0, 0.05) is 10.9 Å². The average molecular weight is 304 g/mol. The van der Waals surface area contributed by atoms with Gasteiger partial charge in [0.1, 0.15) is 12.0 Å². The summed E-state index contributed by atoms with van der Waals surface area (Å²) in [5.74, 6) is -0.254. The quantitative estimate of drug-likeness (QED) is 0.901. The Bertz CT molecular complexity index is 378. The van der Waals surface area contributed by atoms with Gasteiger partial charge in [0.25, 0.3) is 0 Å². The van der Waals surface area contributed by atoms with Gasteiger partial charge in [-0.3, -0.25) is 0 Å². The highest BCUT2D eigenvalue weighted by molar-refractivity contribution is 9.10. The number of piperidine rings is 1. The number of hydrogen-bond acceptors (Lipinski definition) is 1. The molecule has 1 fully saturated rings. The zero-order valence-electron chi connectivity index (χ0n) is 9.56. The molecule has 1 aliphatic heterocycles. The summed E-state index contributed by atoms with van der Waals surface area (Å²) < 4.78 is 28.3. The Labute approximate surface area is 109 Å². The van der Waals surface area contributed by atoms with Gasteiger partial charge >= 0.3 is 0 Å². The van der Waals surface area contributed by atoms with Crippen LogP contribution in [0.25, 0.3) is 0 Å². The van der Waals surface area contributed by atoms with Crippen molar-refractivity contribution in [2.75, 3.05) is 13.1 Å². The molecule has 1 unspecified atom stereocenters. The van der Waals surface area contributed by atoms with Crippen LogP contribution in [0.4, 0.5) is 8.78 Å². The first-order valence-corrected chi connectivity index (χ1v) is 6.75. The summed E-state index contributed by atoms with van der Waals surface area (Å²) in [7, 11) is 0. The minimum absolute atomic E-state index is 0.0688. The third-order valence-corrected chi connectivity index (χ3v) is 3.82. The second-order valence-corrected chi connectivity index (χ2v) is 5.46. The van der Waals surface area contributed by atoms with Crippen LogP contribution in [-0.4, -0.2) is 19.3 Å². The van der Waals surface area contributed by atoms with Crippen molar-refractivity contribution in [3.63, 3.8) is 0 Å². The fourth-order valence-electron chi connectivity index (χ4n) is 2.27. The molecule has 1 atom stereocenters. The topological polar surface area (TPSA) is 12.0 Å². The molecule has 2 rings (SSSR count). The van der Waals surface area contributed by atoms with E-state index < -0.39 is 6.17 Å². The van der Waals surface area contributed by atoms with Crippen LogP contribution in [-0.2, 0) is 6.42 Å². The van der Waals surface area contributed by atoms with Gasteiger partial charge in [-0.2, -0.15) is 0 Å². The van der Waals surface area contributed by atoms with Crippen molar-refractivity contribution in [2.45, 2.75) is 25.4 Å². The van der Waals surface area contributed by atoms with E-state index >= 15 is 0 Å². The summed E-state index contributed by atoms with van der Waals surface area (Å²) in [6.45, 7) is 1.74. The zero-order chi connectivity index (χ0) is 12.3. The van der Waals surface area contributed by atoms with Gasteiger partial charge in [0.15, 0.2) is 0 Å². The molecule has 0 spiro atoms. The van der Waals surface area contributed by atoms with Crippen LogP contribution in [0.1, 0.15) is 18.4 Å². The molecule has 0 bridgehead atoms. The molecular formula is C13H16BrF2N. The summed E-state index contributed by atoms with van der Waals surface area (Å²) in [4.78, 5) is 0. The number of alkyl halides is 1. The molecule has 1 nitrogen and oxygen atoms in total. The first-order chi connectivity index (χ1) is 8.16. The molecule has 1 saturated heterocycles. The molecule has 1 aliphatic rings. The first kappa shape index (κ1) is 13.0. The highest BCUT2D eigenvalue weighted by Crippen LogP contribution is 2.24. The van der Waals surface area contributed by atoms with Crippen molar-refractivity contribution in [1.29, 1.82) is 0 Å². The van der Waals surface area contributed by atoms with Crippen molar-refractivity contribution in [1.82, 2.24) is 5.32 Å². The highest BCUT2D eigenvalue weighted by Gasteiger charge is 2.24. The minimum atomic E-state index is -0.937. The Hall–Kier alpha value is -0.480. The molecule has 0 saturated carbocycles. The molecule has 0 aromatic heterocycles. The van der Waals surface area contributed by atoms with Crippen LogP contribution in [0.3, 0.4) is 0 Å². The smallest absolute Gasteiger partial charge is 0.127 e. The van der Waals surface area contributed by atoms with E-state index in [2.05, 4.69) is 21.2 Å². The Kier molecular flexibility index (Phi) is 4.51. The lowest BCUT2D eigenvalue weighted by Crippen LogP contribution is -2.33. The number of benzene rings is 1. The van der Waals surface area contributed by atoms with Crippen molar-refractivity contribution in [2.24, 2.45) is 5.92 Å². The van der Waals surface area contributed by atoms with E-state index in [4.69, 9.17) is 0 Å². The van der Waals surface area contributed by atoms with Crippen LogP contribution in [0.15, 0.2) is 22.7 Å². The first-order valence-electron chi connectivity index (χ1n) is 5.95. The Morgan fingerprint density at radius 3 is 2.71 bits per heavy atom. The molecule has 1 heterocycles. The van der Waals surface area contributed by atoms with Crippen LogP contribution in [0.5, 0.6) is 0 Å². The fraction of sp³-hybridized carbons (Fsp3) is 0.538. The normalized spacial score (nSPS) is 19.2. The number of halogens is 3. The van der Waals surface area contributed by atoms with Crippen LogP contribution >= 0.6 is 15.9 Å². The third kappa shape index (κ3) is 3.49. The maximum atomic E-state index is 14.0. The van der Waals surface area contributed by atoms with Gasteiger partial charge in [-0.15, -0.1) is 0 Å². The SMILES string of the molecule is Fc1cc(Br)ccc1CC(F)C1CCNCC1. The van der Waals surface area contributed by atoms with E-state index in [1.54, 1.807) is 12.1 Å². The van der Waals surface area contributed by atoms with Gasteiger partial charge in [0.05, 0.1) is 0 Å². The maximum Gasteiger partial charge on any atom is 0.127 e. The standard InChI is InChI=1S/C13H16BrF2N/c14-11-2-1-10(13(16)8-11)7-12(15)9-3-5-17-6-4-9/h1-2,8-9,12,17H,3-7H2. The van der Waals surface area contributed by atoms with E-state index in [9.17, 15) is 8.78 Å². The summed E-state index contributed by atoms with van der Waals surface area (Å²) in [6, 6.07) is 4.81. The van der Waals surface area contributed by atoms with Gasteiger partial charge in [-0.25, -0.2) is 8.78 Å². The molecular weight excluding hydrogens is 288 g/mol. The summed E-state index contributed by atoms with van der Waals surface area (Å²) in [5.41, 5.74) is 0.472. The number of hydrogen-bond donors (Lipinski definition) is 1. The largest absolute Gasteiger partial charge is 0.317 e. The van der Waals surface area contributed by atoms with E-state index in [0.29, 0.717) is 10.0 Å². The zero-order valence-corrected chi connectivity index (χ0v) is 11.1. The van der Waals surface area contributed by atoms with Gasteiger partial charge in [0.2, 0.25) is 0 Å². The molecule has 94 valence electrons. The lowest BCUT2D eigenvalue weighted by Gasteiger charge is -2.25. The molecule has 1 aromatic rings. The third-order valence-electron chi connectivity index (χ3n) is 3.33. The maximum absolute atomic E-state index is 14.0. The van der Waals surface area contributed by atoms with Gasteiger partial charge in [-0.1, -0.05) is 22.0 Å². The fourth-order valence-corrected chi connectivity index (χ4v) is 2.60. The van der Waals surface area contributed by atoms with Crippen molar-refractivity contribution < 1.29 is 8.78 Å².